The van der Waals surface area contributed by atoms with E-state index in [9.17, 15) is 14.9 Å². The summed E-state index contributed by atoms with van der Waals surface area (Å²) in [5.74, 6) is -0.392. The summed E-state index contributed by atoms with van der Waals surface area (Å²) in [6.07, 6.45) is -0.474. The molecule has 0 radical (unpaired) electrons. The molecule has 0 aliphatic carbocycles. The van der Waals surface area contributed by atoms with Gasteiger partial charge in [0.15, 0.2) is 0 Å². The second kappa shape index (κ2) is 8.87. The predicted molar refractivity (Wildman–Crippen MR) is 121 cm³/mol. The van der Waals surface area contributed by atoms with Crippen molar-refractivity contribution in [1.82, 2.24) is 4.90 Å². The first kappa shape index (κ1) is 21.0. The lowest BCUT2D eigenvalue weighted by atomic mass is 9.91. The molecule has 0 saturated carbocycles. The molecule has 0 fully saturated rings. The average Bonchev–Trinajstić information content (AvgIpc) is 2.79. The molecule has 3 aromatic carbocycles. The van der Waals surface area contributed by atoms with E-state index < -0.39 is 17.1 Å². The summed E-state index contributed by atoms with van der Waals surface area (Å²) in [7, 11) is 1.35. The molecular formula is C23H20BrN3O4. The van der Waals surface area contributed by atoms with E-state index in [4.69, 9.17) is 4.74 Å². The summed E-state index contributed by atoms with van der Waals surface area (Å²) in [6, 6.07) is 22.0. The number of hydrogen-bond acceptors (Lipinski definition) is 6. The second-order valence-electron chi connectivity index (χ2n) is 7.19. The third kappa shape index (κ3) is 4.30. The van der Waals surface area contributed by atoms with Gasteiger partial charge in [0.2, 0.25) is 0 Å². The molecule has 2 atom stereocenters. The molecular weight excluding hydrogens is 462 g/mol. The number of carbonyl (C=O) groups excluding carboxylic acids is 1. The van der Waals surface area contributed by atoms with E-state index in [1.165, 1.54) is 19.2 Å². The standard InChI is InChI=1S/C23H20BrN3O4/c1-31-21(28)14-26-22(15-6-3-2-4-7-15)19-13-17(24)10-11-20(19)25-23(26)16-8-5-9-18(12-16)27(29)30/h2-13,22-23,25H,14H2,1H3/t22-,23-/m0/s1. The summed E-state index contributed by atoms with van der Waals surface area (Å²) in [4.78, 5) is 25.3. The number of rotatable bonds is 5. The van der Waals surface area contributed by atoms with Crippen molar-refractivity contribution in [3.8, 4) is 0 Å². The van der Waals surface area contributed by atoms with Crippen molar-refractivity contribution in [3.63, 3.8) is 0 Å². The summed E-state index contributed by atoms with van der Waals surface area (Å²) >= 11 is 3.55. The lowest BCUT2D eigenvalue weighted by Crippen LogP contribution is -2.44. The minimum atomic E-state index is -0.474. The van der Waals surface area contributed by atoms with Crippen LogP contribution in [0.25, 0.3) is 0 Å². The van der Waals surface area contributed by atoms with Gasteiger partial charge in [-0.05, 0) is 34.9 Å². The monoisotopic (exact) mass is 481 g/mol. The van der Waals surface area contributed by atoms with Crippen molar-refractivity contribution in [2.75, 3.05) is 19.0 Å². The van der Waals surface area contributed by atoms with Gasteiger partial charge in [0.05, 0.1) is 24.6 Å². The molecule has 8 heteroatoms. The average molecular weight is 482 g/mol. The van der Waals surface area contributed by atoms with Crippen LogP contribution in [0, 0.1) is 10.1 Å². The summed E-state index contributed by atoms with van der Waals surface area (Å²) < 4.78 is 5.89. The zero-order chi connectivity index (χ0) is 22.0. The molecule has 158 valence electrons. The van der Waals surface area contributed by atoms with Crippen LogP contribution in [0.15, 0.2) is 77.3 Å². The smallest absolute Gasteiger partial charge is 0.319 e. The molecule has 1 aliphatic rings. The molecule has 0 spiro atoms. The maximum atomic E-state index is 12.4. The number of hydrogen-bond donors (Lipinski definition) is 1. The van der Waals surface area contributed by atoms with Crippen LogP contribution in [-0.2, 0) is 9.53 Å². The third-order valence-corrected chi connectivity index (χ3v) is 5.81. The third-order valence-electron chi connectivity index (χ3n) is 5.32. The van der Waals surface area contributed by atoms with Gasteiger partial charge in [0.1, 0.15) is 6.17 Å². The van der Waals surface area contributed by atoms with E-state index in [1.54, 1.807) is 6.07 Å². The first-order chi connectivity index (χ1) is 15.0. The summed E-state index contributed by atoms with van der Waals surface area (Å²) in [6.45, 7) is 0.00235. The lowest BCUT2D eigenvalue weighted by Gasteiger charge is -2.44. The highest BCUT2D eigenvalue weighted by atomic mass is 79.9. The van der Waals surface area contributed by atoms with Crippen molar-refractivity contribution in [3.05, 3.63) is 104 Å². The summed E-state index contributed by atoms with van der Waals surface area (Å²) in [5.41, 5.74) is 3.58. The number of non-ortho nitro benzene ring substituents is 1. The fraction of sp³-hybridized carbons (Fsp3) is 0.174. The Morgan fingerprint density at radius 1 is 1.10 bits per heavy atom. The van der Waals surface area contributed by atoms with E-state index in [0.29, 0.717) is 5.56 Å². The van der Waals surface area contributed by atoms with Gasteiger partial charge in [-0.2, -0.15) is 0 Å². The molecule has 0 bridgehead atoms. The Morgan fingerprint density at radius 3 is 2.55 bits per heavy atom. The maximum Gasteiger partial charge on any atom is 0.319 e. The number of methoxy groups -OCH3 is 1. The Kier molecular flexibility index (Phi) is 6.01. The van der Waals surface area contributed by atoms with Crippen LogP contribution in [0.4, 0.5) is 11.4 Å². The highest BCUT2D eigenvalue weighted by Crippen LogP contribution is 2.45. The number of benzene rings is 3. The fourth-order valence-corrected chi connectivity index (χ4v) is 4.31. The summed E-state index contributed by atoms with van der Waals surface area (Å²) in [5, 5.41) is 14.8. The number of ether oxygens (including phenoxy) is 1. The number of nitrogens with zero attached hydrogens (tertiary/aromatic N) is 2. The number of esters is 1. The molecule has 7 nitrogen and oxygen atoms in total. The largest absolute Gasteiger partial charge is 0.468 e. The van der Waals surface area contributed by atoms with Crippen LogP contribution >= 0.6 is 15.9 Å². The van der Waals surface area contributed by atoms with Crippen LogP contribution in [0.2, 0.25) is 0 Å². The van der Waals surface area contributed by atoms with Crippen LogP contribution < -0.4 is 5.32 Å². The quantitative estimate of drug-likeness (QED) is 0.312. The number of nitro groups is 1. The predicted octanol–water partition coefficient (Wildman–Crippen LogP) is 5.05. The van der Waals surface area contributed by atoms with Crippen LogP contribution in [0.5, 0.6) is 0 Å². The van der Waals surface area contributed by atoms with Crippen molar-refractivity contribution >= 4 is 33.3 Å². The van der Waals surface area contributed by atoms with E-state index in [0.717, 1.165) is 21.3 Å². The van der Waals surface area contributed by atoms with E-state index in [2.05, 4.69) is 21.2 Å². The molecule has 0 aromatic heterocycles. The number of fused-ring (bicyclic) bond motifs is 1. The first-order valence-corrected chi connectivity index (χ1v) is 10.4. The highest BCUT2D eigenvalue weighted by Gasteiger charge is 2.37. The number of anilines is 1. The Bertz CT molecular complexity index is 1120. The Morgan fingerprint density at radius 2 is 1.84 bits per heavy atom. The molecule has 0 unspecified atom stereocenters. The number of halogens is 1. The van der Waals surface area contributed by atoms with Gasteiger partial charge in [0, 0.05) is 22.3 Å². The number of nitro benzene ring substituents is 1. The number of carbonyl (C=O) groups is 1. The molecule has 1 heterocycles. The normalized spacial score (nSPS) is 18.0. The molecule has 31 heavy (non-hydrogen) atoms. The molecule has 0 saturated heterocycles. The van der Waals surface area contributed by atoms with Crippen molar-refractivity contribution in [2.24, 2.45) is 0 Å². The zero-order valence-electron chi connectivity index (χ0n) is 16.7. The number of nitrogens with one attached hydrogen (secondary N) is 1. The van der Waals surface area contributed by atoms with Gasteiger partial charge in [-0.1, -0.05) is 58.4 Å². The Labute approximate surface area is 187 Å². The molecule has 4 rings (SSSR count). The van der Waals surface area contributed by atoms with Crippen LogP contribution in [-0.4, -0.2) is 29.4 Å². The Hall–Kier alpha value is -3.23. The highest BCUT2D eigenvalue weighted by molar-refractivity contribution is 9.10. The fourth-order valence-electron chi connectivity index (χ4n) is 3.93. The van der Waals surface area contributed by atoms with E-state index in [-0.39, 0.29) is 18.3 Å². The zero-order valence-corrected chi connectivity index (χ0v) is 18.3. The first-order valence-electron chi connectivity index (χ1n) is 9.66. The molecule has 3 aromatic rings. The minimum Gasteiger partial charge on any atom is -0.468 e. The minimum absolute atomic E-state index is 0.00235. The molecule has 1 aliphatic heterocycles. The van der Waals surface area contributed by atoms with E-state index >= 15 is 0 Å². The molecule has 1 N–H and O–H groups in total. The lowest BCUT2D eigenvalue weighted by molar-refractivity contribution is -0.384. The van der Waals surface area contributed by atoms with Crippen molar-refractivity contribution in [1.29, 1.82) is 0 Å². The SMILES string of the molecule is COC(=O)CN1[C@@H](c2ccccc2)c2cc(Br)ccc2N[C@@H]1c1cccc([N+](=O)[O-])c1. The van der Waals surface area contributed by atoms with Gasteiger partial charge in [-0.15, -0.1) is 0 Å². The van der Waals surface area contributed by atoms with E-state index in [1.807, 2.05) is 59.5 Å². The van der Waals surface area contributed by atoms with Crippen LogP contribution in [0.3, 0.4) is 0 Å². The van der Waals surface area contributed by atoms with Gasteiger partial charge in [-0.25, -0.2) is 0 Å². The molecule has 0 amide bonds. The van der Waals surface area contributed by atoms with Crippen LogP contribution in [0.1, 0.15) is 28.9 Å². The Balaban J connectivity index is 1.90. The second-order valence-corrected chi connectivity index (χ2v) is 8.11. The van der Waals surface area contributed by atoms with Crippen molar-refractivity contribution in [2.45, 2.75) is 12.2 Å². The van der Waals surface area contributed by atoms with Crippen molar-refractivity contribution < 1.29 is 14.5 Å². The van der Waals surface area contributed by atoms with Gasteiger partial charge in [0.25, 0.3) is 5.69 Å². The van der Waals surface area contributed by atoms with Gasteiger partial charge in [-0.3, -0.25) is 19.8 Å². The van der Waals surface area contributed by atoms with Gasteiger partial charge >= 0.3 is 5.97 Å². The van der Waals surface area contributed by atoms with Gasteiger partial charge < -0.3 is 10.1 Å². The maximum absolute atomic E-state index is 12.4. The topological polar surface area (TPSA) is 84.7 Å².